The van der Waals surface area contributed by atoms with Crippen molar-refractivity contribution in [1.82, 2.24) is 9.55 Å². The highest BCUT2D eigenvalue weighted by atomic mass is 19.1. The highest BCUT2D eigenvalue weighted by Crippen LogP contribution is 2.42. The monoisotopic (exact) mass is 312 g/mol. The molecule has 1 aromatic heterocycles. The number of phenols is 1. The summed E-state index contributed by atoms with van der Waals surface area (Å²) in [6.45, 7) is 0.129. The molecule has 1 N–H and O–H groups in total. The predicted molar refractivity (Wildman–Crippen MR) is 80.1 cm³/mol. The molecule has 0 amide bonds. The Hall–Kier alpha value is -3.02. The third-order valence-corrected chi connectivity index (χ3v) is 3.83. The molecule has 1 atom stereocenters. The lowest BCUT2D eigenvalue weighted by molar-refractivity contribution is 0.174. The smallest absolute Gasteiger partial charge is 0.231 e. The lowest BCUT2D eigenvalue weighted by atomic mass is 9.97. The molecule has 0 bridgehead atoms. The maximum absolute atomic E-state index is 13.2. The minimum Gasteiger partial charge on any atom is -0.507 e. The second-order valence-corrected chi connectivity index (χ2v) is 5.23. The molecule has 5 nitrogen and oxygen atoms in total. The zero-order valence-electron chi connectivity index (χ0n) is 12.0. The van der Waals surface area contributed by atoms with Gasteiger partial charge in [0, 0.05) is 24.0 Å². The summed E-state index contributed by atoms with van der Waals surface area (Å²) in [5.41, 5.74) is 1.44. The van der Waals surface area contributed by atoms with E-state index in [0.29, 0.717) is 17.1 Å². The molecule has 0 radical (unpaired) electrons. The molecule has 2 aromatic carbocycles. The molecule has 0 saturated heterocycles. The topological polar surface area (TPSA) is 56.5 Å². The SMILES string of the molecule is Oc1cc2c(cc1[C@@H](c1ccc(F)cc1)n1ccnc1)OCO2. The van der Waals surface area contributed by atoms with Crippen molar-refractivity contribution in [2.75, 3.05) is 6.79 Å². The van der Waals surface area contributed by atoms with Crippen LogP contribution in [-0.4, -0.2) is 21.5 Å². The second-order valence-electron chi connectivity index (χ2n) is 5.23. The fourth-order valence-electron chi connectivity index (χ4n) is 2.75. The van der Waals surface area contributed by atoms with E-state index in [-0.39, 0.29) is 24.4 Å². The van der Waals surface area contributed by atoms with Crippen molar-refractivity contribution in [2.24, 2.45) is 0 Å². The number of hydrogen-bond acceptors (Lipinski definition) is 4. The van der Waals surface area contributed by atoms with E-state index in [9.17, 15) is 9.50 Å². The Morgan fingerprint density at radius 1 is 1.13 bits per heavy atom. The first-order valence-electron chi connectivity index (χ1n) is 7.08. The van der Waals surface area contributed by atoms with Crippen LogP contribution in [0.5, 0.6) is 17.2 Å². The first kappa shape index (κ1) is 13.6. The Morgan fingerprint density at radius 3 is 2.57 bits per heavy atom. The van der Waals surface area contributed by atoms with Gasteiger partial charge in [-0.3, -0.25) is 0 Å². The van der Waals surface area contributed by atoms with E-state index >= 15 is 0 Å². The van der Waals surface area contributed by atoms with Gasteiger partial charge < -0.3 is 19.1 Å². The minimum atomic E-state index is -0.354. The summed E-state index contributed by atoms with van der Waals surface area (Å²) in [4.78, 5) is 4.07. The average molecular weight is 312 g/mol. The van der Waals surface area contributed by atoms with Crippen LogP contribution in [0.1, 0.15) is 17.2 Å². The number of phenolic OH excluding ortho intramolecular Hbond substituents is 1. The van der Waals surface area contributed by atoms with E-state index in [1.165, 1.54) is 18.2 Å². The molecule has 1 aliphatic rings. The van der Waals surface area contributed by atoms with E-state index in [1.807, 2.05) is 4.57 Å². The number of aromatic hydroxyl groups is 1. The lowest BCUT2D eigenvalue weighted by Gasteiger charge is -2.21. The molecular formula is C17H13FN2O3. The number of halogens is 1. The van der Waals surface area contributed by atoms with Gasteiger partial charge in [-0.15, -0.1) is 0 Å². The molecule has 6 heteroatoms. The Kier molecular flexibility index (Phi) is 3.15. The third-order valence-electron chi connectivity index (χ3n) is 3.83. The van der Waals surface area contributed by atoms with Crippen LogP contribution in [0.3, 0.4) is 0 Å². The van der Waals surface area contributed by atoms with Gasteiger partial charge in [-0.05, 0) is 23.8 Å². The molecule has 116 valence electrons. The van der Waals surface area contributed by atoms with Crippen LogP contribution in [0.15, 0.2) is 55.1 Å². The Bertz CT molecular complexity index is 832. The summed E-state index contributed by atoms with van der Waals surface area (Å²) in [7, 11) is 0. The average Bonchev–Trinajstić information content (AvgIpc) is 3.21. The van der Waals surface area contributed by atoms with E-state index in [1.54, 1.807) is 36.9 Å². The molecule has 4 rings (SSSR count). The second kappa shape index (κ2) is 5.31. The standard InChI is InChI=1S/C17H13FN2O3/c18-12-3-1-11(2-4-12)17(20-6-5-19-9-20)13-7-15-16(8-14(13)21)23-10-22-15/h1-9,17,21H,10H2/t17-/m1/s1. The number of benzene rings is 2. The normalized spacial score (nSPS) is 14.0. The molecule has 3 aromatic rings. The first-order valence-corrected chi connectivity index (χ1v) is 7.08. The first-order chi connectivity index (χ1) is 11.2. The van der Waals surface area contributed by atoms with Gasteiger partial charge in [-0.1, -0.05) is 12.1 Å². The molecule has 0 aliphatic carbocycles. The van der Waals surface area contributed by atoms with Gasteiger partial charge in [0.15, 0.2) is 11.5 Å². The molecule has 1 aliphatic heterocycles. The lowest BCUT2D eigenvalue weighted by Crippen LogP contribution is -2.11. The van der Waals surface area contributed by atoms with Crippen molar-refractivity contribution in [3.8, 4) is 17.2 Å². The Labute approximate surface area is 131 Å². The molecular weight excluding hydrogens is 299 g/mol. The van der Waals surface area contributed by atoms with Crippen molar-refractivity contribution in [1.29, 1.82) is 0 Å². The van der Waals surface area contributed by atoms with Gasteiger partial charge >= 0.3 is 0 Å². The highest BCUT2D eigenvalue weighted by molar-refractivity contribution is 5.54. The molecule has 0 saturated carbocycles. The van der Waals surface area contributed by atoms with E-state index < -0.39 is 0 Å². The predicted octanol–water partition coefficient (Wildman–Crippen LogP) is 3.09. The fraction of sp³-hybridized carbons (Fsp3) is 0.118. The summed E-state index contributed by atoms with van der Waals surface area (Å²) in [6.07, 6.45) is 5.09. The van der Waals surface area contributed by atoms with Crippen LogP contribution in [0.4, 0.5) is 4.39 Å². The molecule has 0 spiro atoms. The van der Waals surface area contributed by atoms with Crippen molar-refractivity contribution in [3.63, 3.8) is 0 Å². The van der Waals surface area contributed by atoms with Crippen LogP contribution in [0.2, 0.25) is 0 Å². The summed E-state index contributed by atoms with van der Waals surface area (Å²) >= 11 is 0. The maximum Gasteiger partial charge on any atom is 0.231 e. The van der Waals surface area contributed by atoms with Gasteiger partial charge in [0.05, 0.1) is 12.4 Å². The van der Waals surface area contributed by atoms with Crippen LogP contribution in [0.25, 0.3) is 0 Å². The number of rotatable bonds is 3. The molecule has 0 unspecified atom stereocenters. The molecule has 23 heavy (non-hydrogen) atoms. The summed E-state index contributed by atoms with van der Waals surface area (Å²) in [5.74, 6) is 0.852. The number of hydrogen-bond donors (Lipinski definition) is 1. The van der Waals surface area contributed by atoms with Gasteiger partial charge in [-0.2, -0.15) is 0 Å². The van der Waals surface area contributed by atoms with Gasteiger partial charge in [0.25, 0.3) is 0 Å². The molecule has 2 heterocycles. The summed E-state index contributed by atoms with van der Waals surface area (Å²) in [5, 5.41) is 10.4. The minimum absolute atomic E-state index is 0.0808. The number of ether oxygens (including phenoxy) is 2. The van der Waals surface area contributed by atoms with Gasteiger partial charge in [0.1, 0.15) is 11.6 Å². The number of imidazole rings is 1. The van der Waals surface area contributed by atoms with Crippen molar-refractivity contribution in [2.45, 2.75) is 6.04 Å². The third kappa shape index (κ3) is 2.38. The quantitative estimate of drug-likeness (QED) is 0.807. The largest absolute Gasteiger partial charge is 0.507 e. The Balaban J connectivity index is 1.88. The van der Waals surface area contributed by atoms with Crippen molar-refractivity contribution >= 4 is 0 Å². The molecule has 0 fully saturated rings. The zero-order chi connectivity index (χ0) is 15.8. The van der Waals surface area contributed by atoms with Crippen molar-refractivity contribution < 1.29 is 19.0 Å². The Morgan fingerprint density at radius 2 is 1.87 bits per heavy atom. The summed E-state index contributed by atoms with van der Waals surface area (Å²) < 4.78 is 25.8. The van der Waals surface area contributed by atoms with Gasteiger partial charge in [-0.25, -0.2) is 9.37 Å². The fourth-order valence-corrected chi connectivity index (χ4v) is 2.75. The highest BCUT2D eigenvalue weighted by Gasteiger charge is 2.24. The van der Waals surface area contributed by atoms with E-state index in [2.05, 4.69) is 4.98 Å². The van der Waals surface area contributed by atoms with E-state index in [0.717, 1.165) is 5.56 Å². The summed E-state index contributed by atoms with van der Waals surface area (Å²) in [6, 6.07) is 9.07. The van der Waals surface area contributed by atoms with Crippen LogP contribution in [-0.2, 0) is 0 Å². The number of fused-ring (bicyclic) bond motifs is 1. The van der Waals surface area contributed by atoms with Crippen LogP contribution in [0, 0.1) is 5.82 Å². The number of aromatic nitrogens is 2. The van der Waals surface area contributed by atoms with Crippen molar-refractivity contribution in [3.05, 3.63) is 72.1 Å². The zero-order valence-corrected chi connectivity index (χ0v) is 12.0. The van der Waals surface area contributed by atoms with Crippen LogP contribution >= 0.6 is 0 Å². The maximum atomic E-state index is 13.2. The van der Waals surface area contributed by atoms with E-state index in [4.69, 9.17) is 9.47 Å². The van der Waals surface area contributed by atoms with Crippen LogP contribution < -0.4 is 9.47 Å². The van der Waals surface area contributed by atoms with Gasteiger partial charge in [0.2, 0.25) is 6.79 Å². The number of nitrogens with zero attached hydrogens (tertiary/aromatic N) is 2.